The fourth-order valence-electron chi connectivity index (χ4n) is 2.19. The van der Waals surface area contributed by atoms with Gasteiger partial charge in [0, 0.05) is 12.3 Å². The Morgan fingerprint density at radius 2 is 2.19 bits per heavy atom. The number of nitrogens with one attached hydrogen (secondary N) is 1. The molecule has 7 heteroatoms. The molecular weight excluding hydrogens is 290 g/mol. The maximum Gasteiger partial charge on any atom is 0.281 e. The van der Waals surface area contributed by atoms with Gasteiger partial charge in [0.15, 0.2) is 5.03 Å². The van der Waals surface area contributed by atoms with Crippen molar-refractivity contribution < 1.29 is 13.2 Å². The number of rotatable bonds is 4. The van der Waals surface area contributed by atoms with Gasteiger partial charge in [0.25, 0.3) is 15.9 Å². The van der Waals surface area contributed by atoms with Crippen LogP contribution in [0.2, 0.25) is 0 Å². The second-order valence-corrected chi connectivity index (χ2v) is 6.79. The molecule has 2 heterocycles. The minimum absolute atomic E-state index is 0.0519. The number of imidazole rings is 1. The highest BCUT2D eigenvalue weighted by molar-refractivity contribution is 7.90. The van der Waals surface area contributed by atoms with E-state index in [1.54, 1.807) is 24.4 Å². The fraction of sp³-hybridized carbons (Fsp3) is 0.286. The van der Waals surface area contributed by atoms with Gasteiger partial charge in [-0.2, -0.15) is 8.42 Å². The molecule has 0 saturated heterocycles. The summed E-state index contributed by atoms with van der Waals surface area (Å²) in [5, 5.41) is -0.0519. The van der Waals surface area contributed by atoms with Crippen molar-refractivity contribution in [3.63, 3.8) is 0 Å². The van der Waals surface area contributed by atoms with E-state index >= 15 is 0 Å². The minimum atomic E-state index is -3.94. The molecule has 2 aromatic heterocycles. The number of carbonyl (C=O) groups is 1. The van der Waals surface area contributed by atoms with E-state index in [1.165, 1.54) is 16.7 Å². The minimum Gasteiger partial charge on any atom is -0.289 e. The van der Waals surface area contributed by atoms with Crippen LogP contribution in [0.25, 0.3) is 5.65 Å². The number of sulfonamides is 1. The summed E-state index contributed by atoms with van der Waals surface area (Å²) in [5.74, 6) is -0.195. The number of allylic oxidation sites excluding steroid dienone is 1. The zero-order valence-corrected chi connectivity index (χ0v) is 12.3. The number of aromatic nitrogens is 2. The van der Waals surface area contributed by atoms with E-state index in [0.717, 1.165) is 18.4 Å². The first-order valence-electron chi connectivity index (χ1n) is 6.64. The van der Waals surface area contributed by atoms with E-state index in [1.807, 2.05) is 6.92 Å². The van der Waals surface area contributed by atoms with Crippen LogP contribution < -0.4 is 4.72 Å². The normalized spacial score (nSPS) is 16.1. The monoisotopic (exact) mass is 305 g/mol. The van der Waals surface area contributed by atoms with Crippen molar-refractivity contribution in [3.8, 4) is 0 Å². The molecule has 0 unspecified atom stereocenters. The summed E-state index contributed by atoms with van der Waals surface area (Å²) in [4.78, 5) is 15.8. The Morgan fingerprint density at radius 1 is 1.43 bits per heavy atom. The van der Waals surface area contributed by atoms with Crippen LogP contribution in [0.5, 0.6) is 0 Å². The first-order valence-corrected chi connectivity index (χ1v) is 8.13. The van der Waals surface area contributed by atoms with Crippen LogP contribution >= 0.6 is 0 Å². The summed E-state index contributed by atoms with van der Waals surface area (Å²) in [7, 11) is -3.94. The summed E-state index contributed by atoms with van der Waals surface area (Å²) < 4.78 is 28.0. The first kappa shape index (κ1) is 13.8. The zero-order chi connectivity index (χ0) is 15.0. The zero-order valence-electron chi connectivity index (χ0n) is 11.5. The van der Waals surface area contributed by atoms with E-state index in [2.05, 4.69) is 9.71 Å². The van der Waals surface area contributed by atoms with E-state index in [4.69, 9.17) is 0 Å². The van der Waals surface area contributed by atoms with Crippen LogP contribution in [0.3, 0.4) is 0 Å². The molecule has 1 aliphatic carbocycles. The number of hydrogen-bond donors (Lipinski definition) is 1. The number of fused-ring (bicyclic) bond motifs is 1. The van der Waals surface area contributed by atoms with Crippen LogP contribution in [0, 0.1) is 5.92 Å². The topological polar surface area (TPSA) is 80.5 Å². The van der Waals surface area contributed by atoms with Gasteiger partial charge in [-0.15, -0.1) is 0 Å². The van der Waals surface area contributed by atoms with Gasteiger partial charge in [-0.25, -0.2) is 9.71 Å². The molecule has 1 amide bonds. The van der Waals surface area contributed by atoms with Gasteiger partial charge in [0.1, 0.15) is 5.65 Å². The highest BCUT2D eigenvalue weighted by Gasteiger charge is 2.25. The second-order valence-electron chi connectivity index (χ2n) is 5.16. The summed E-state index contributed by atoms with van der Waals surface area (Å²) >= 11 is 0. The molecule has 3 rings (SSSR count). The summed E-state index contributed by atoms with van der Waals surface area (Å²) in [6, 6.07) is 5.16. The molecule has 1 saturated carbocycles. The molecule has 0 bridgehead atoms. The SMILES string of the molecule is C/C(=C\C(=O)NS(=O)(=O)c1cnc2ccccn12)C1CC1. The molecule has 0 radical (unpaired) electrons. The van der Waals surface area contributed by atoms with Gasteiger partial charge < -0.3 is 0 Å². The van der Waals surface area contributed by atoms with Gasteiger partial charge in [0.05, 0.1) is 6.20 Å². The molecule has 0 spiro atoms. The Hall–Kier alpha value is -2.15. The Morgan fingerprint density at radius 3 is 2.90 bits per heavy atom. The van der Waals surface area contributed by atoms with Crippen LogP contribution in [0.1, 0.15) is 19.8 Å². The molecule has 2 aromatic rings. The van der Waals surface area contributed by atoms with E-state index in [0.29, 0.717) is 11.6 Å². The highest BCUT2D eigenvalue weighted by Crippen LogP contribution is 2.35. The summed E-state index contributed by atoms with van der Waals surface area (Å²) in [6.45, 7) is 1.85. The molecule has 0 atom stereocenters. The molecule has 0 aromatic carbocycles. The number of carbonyl (C=O) groups excluding carboxylic acids is 1. The molecule has 21 heavy (non-hydrogen) atoms. The lowest BCUT2D eigenvalue weighted by Gasteiger charge is -2.05. The predicted octanol–water partition coefficient (Wildman–Crippen LogP) is 1.50. The van der Waals surface area contributed by atoms with Crippen molar-refractivity contribution >= 4 is 21.6 Å². The van der Waals surface area contributed by atoms with E-state index in [9.17, 15) is 13.2 Å². The maximum atomic E-state index is 12.3. The largest absolute Gasteiger partial charge is 0.289 e. The summed E-state index contributed by atoms with van der Waals surface area (Å²) in [5.41, 5.74) is 1.43. The lowest BCUT2D eigenvalue weighted by Crippen LogP contribution is -2.30. The standard InChI is InChI=1S/C14H15N3O3S/c1-10(11-5-6-11)8-13(18)16-21(19,20)14-9-15-12-4-2-3-7-17(12)14/h2-4,7-9,11H,5-6H2,1H3,(H,16,18)/b10-8+. The third-order valence-electron chi connectivity index (χ3n) is 3.47. The molecular formula is C14H15N3O3S. The summed E-state index contributed by atoms with van der Waals surface area (Å²) in [6.07, 6.45) is 6.32. The second kappa shape index (κ2) is 5.00. The van der Waals surface area contributed by atoms with Gasteiger partial charge in [-0.05, 0) is 37.8 Å². The molecule has 1 aliphatic rings. The Balaban J connectivity index is 1.87. The molecule has 0 aliphatic heterocycles. The van der Waals surface area contributed by atoms with Crippen molar-refractivity contribution in [2.45, 2.75) is 24.8 Å². The molecule has 1 N–H and O–H groups in total. The van der Waals surface area contributed by atoms with Crippen molar-refractivity contribution in [1.82, 2.24) is 14.1 Å². The smallest absolute Gasteiger partial charge is 0.281 e. The Kier molecular flexibility index (Phi) is 3.29. The average Bonchev–Trinajstić information content (AvgIpc) is 3.17. The van der Waals surface area contributed by atoms with E-state index in [-0.39, 0.29) is 5.03 Å². The van der Waals surface area contributed by atoms with Crippen LogP contribution in [-0.2, 0) is 14.8 Å². The van der Waals surface area contributed by atoms with Crippen LogP contribution in [-0.4, -0.2) is 23.7 Å². The number of amides is 1. The lowest BCUT2D eigenvalue weighted by atomic mass is 10.2. The Bertz CT molecular complexity index is 832. The maximum absolute atomic E-state index is 12.3. The van der Waals surface area contributed by atoms with Gasteiger partial charge in [0.2, 0.25) is 0 Å². The van der Waals surface area contributed by atoms with Crippen LogP contribution in [0.4, 0.5) is 0 Å². The molecule has 1 fully saturated rings. The first-order chi connectivity index (χ1) is 9.97. The van der Waals surface area contributed by atoms with Crippen molar-refractivity contribution in [3.05, 3.63) is 42.2 Å². The molecule has 110 valence electrons. The van der Waals surface area contributed by atoms with Gasteiger partial charge in [-0.1, -0.05) is 11.6 Å². The third kappa shape index (κ3) is 2.82. The Labute approximate surface area is 122 Å². The average molecular weight is 305 g/mol. The lowest BCUT2D eigenvalue weighted by molar-refractivity contribution is -0.114. The van der Waals surface area contributed by atoms with Crippen molar-refractivity contribution in [1.29, 1.82) is 0 Å². The third-order valence-corrected chi connectivity index (χ3v) is 4.80. The number of pyridine rings is 1. The highest BCUT2D eigenvalue weighted by atomic mass is 32.2. The fourth-order valence-corrected chi connectivity index (χ4v) is 3.22. The van der Waals surface area contributed by atoms with Crippen molar-refractivity contribution in [2.24, 2.45) is 5.92 Å². The van der Waals surface area contributed by atoms with Crippen LogP contribution in [0.15, 0.2) is 47.3 Å². The van der Waals surface area contributed by atoms with E-state index < -0.39 is 15.9 Å². The molecule has 6 nitrogen and oxygen atoms in total. The number of nitrogens with zero attached hydrogens (tertiary/aromatic N) is 2. The quantitative estimate of drug-likeness (QED) is 0.868. The predicted molar refractivity (Wildman–Crippen MR) is 77.0 cm³/mol. The van der Waals surface area contributed by atoms with Crippen molar-refractivity contribution in [2.75, 3.05) is 0 Å². The van der Waals surface area contributed by atoms with Gasteiger partial charge >= 0.3 is 0 Å². The van der Waals surface area contributed by atoms with Gasteiger partial charge in [-0.3, -0.25) is 9.20 Å². The number of hydrogen-bond acceptors (Lipinski definition) is 4.